The summed E-state index contributed by atoms with van der Waals surface area (Å²) in [6.45, 7) is 15.4. The second-order valence-electron chi connectivity index (χ2n) is 20.9. The smallest absolute Gasteiger partial charge is 0.650 e. The van der Waals surface area contributed by atoms with Crippen LogP contribution in [0.25, 0.3) is 10.6 Å². The fraction of sp³-hybridized carbons (Fsp3) is 0.464. The second-order valence-corrected chi connectivity index (χ2v) is 20.9. The van der Waals surface area contributed by atoms with Crippen molar-refractivity contribution in [3.63, 3.8) is 0 Å². The molecule has 4 aliphatic rings. The van der Waals surface area contributed by atoms with E-state index in [0.29, 0.717) is 25.3 Å². The van der Waals surface area contributed by atoms with Gasteiger partial charge in [0, 0.05) is 53.3 Å². The van der Waals surface area contributed by atoms with Crippen LogP contribution >= 0.6 is 0 Å². The Bertz CT molecular complexity index is 2730. The van der Waals surface area contributed by atoms with Gasteiger partial charge in [-0.1, -0.05) is 84.9 Å². The molecular weight excluding hydrogens is 903 g/mol. The number of para-hydroxylation sites is 1. The van der Waals surface area contributed by atoms with Crippen molar-refractivity contribution in [3.05, 3.63) is 105 Å². The SMILES string of the molecule is CC(C)=CCCC1(C)OC1CCC(C)CCN1C(=O)c2cc(C/C(C)=C/CCC(C)CCCC3(C)OC3CN3C(=O)c4cccc(O)c4[N-]c4c(O)cc(O)cc43)cc(O)c2[N-]c2c(O)cc(O)cc21.[Li+].[Li+]. The van der Waals surface area contributed by atoms with Gasteiger partial charge in [-0.05, 0) is 128 Å². The van der Waals surface area contributed by atoms with Gasteiger partial charge in [-0.15, -0.1) is 0 Å². The average molecular weight is 971 g/mol. The number of carbonyl (C=O) groups excluding carboxylic acids is 2. The molecule has 0 spiro atoms. The number of nitrogens with zero attached hydrogens (tertiary/aromatic N) is 4. The molecule has 16 heteroatoms. The number of hydrogen-bond acceptors (Lipinski definition) is 10. The number of phenolic OH excluding ortho intramolecular Hbond substituents is 6. The molecule has 2 fully saturated rings. The molecular formula is C56H68Li2N4O10. The van der Waals surface area contributed by atoms with Gasteiger partial charge in [0.25, 0.3) is 11.8 Å². The van der Waals surface area contributed by atoms with Gasteiger partial charge in [-0.3, -0.25) is 9.59 Å². The maximum absolute atomic E-state index is 14.5. The summed E-state index contributed by atoms with van der Waals surface area (Å²) in [5.41, 5.74) is 3.88. The van der Waals surface area contributed by atoms with Crippen LogP contribution in [-0.4, -0.2) is 79.0 Å². The summed E-state index contributed by atoms with van der Waals surface area (Å²) >= 11 is 0. The van der Waals surface area contributed by atoms with Gasteiger partial charge in [-0.2, -0.15) is 0 Å². The van der Waals surface area contributed by atoms with Crippen molar-refractivity contribution in [2.24, 2.45) is 11.8 Å². The third-order valence-corrected chi connectivity index (χ3v) is 14.6. The Morgan fingerprint density at radius 1 is 0.653 bits per heavy atom. The molecule has 4 aromatic carbocycles. The van der Waals surface area contributed by atoms with Crippen LogP contribution in [-0.2, 0) is 15.9 Å². The van der Waals surface area contributed by atoms with E-state index in [-0.39, 0.29) is 154 Å². The van der Waals surface area contributed by atoms with Gasteiger partial charge >= 0.3 is 37.7 Å². The van der Waals surface area contributed by atoms with Crippen molar-refractivity contribution in [1.29, 1.82) is 0 Å². The third-order valence-electron chi connectivity index (χ3n) is 14.6. The normalized spacial score (nSPS) is 21.5. The number of anilines is 2. The molecule has 0 bridgehead atoms. The van der Waals surface area contributed by atoms with Crippen LogP contribution in [0.5, 0.6) is 34.5 Å². The van der Waals surface area contributed by atoms with E-state index in [1.54, 1.807) is 29.2 Å². The van der Waals surface area contributed by atoms with E-state index in [4.69, 9.17) is 9.47 Å². The molecule has 2 saturated heterocycles. The third kappa shape index (κ3) is 12.6. The zero-order valence-corrected chi connectivity index (χ0v) is 43.5. The molecule has 4 heterocycles. The van der Waals surface area contributed by atoms with Crippen molar-refractivity contribution in [1.82, 2.24) is 0 Å². The van der Waals surface area contributed by atoms with Gasteiger partial charge < -0.3 is 60.5 Å². The number of carbonyl (C=O) groups is 2. The minimum absolute atomic E-state index is 0. The molecule has 374 valence electrons. The molecule has 0 radical (unpaired) electrons. The van der Waals surface area contributed by atoms with Gasteiger partial charge in [0.1, 0.15) is 40.6 Å². The molecule has 0 aromatic heterocycles. The minimum Gasteiger partial charge on any atom is -0.650 e. The zero-order chi connectivity index (χ0) is 50.2. The number of allylic oxidation sites excluding steroid dienone is 4. The van der Waals surface area contributed by atoms with Crippen LogP contribution in [0.15, 0.2) is 77.9 Å². The first-order chi connectivity index (χ1) is 33.2. The Hall–Kier alpha value is -5.19. The fourth-order valence-electron chi connectivity index (χ4n) is 10.2. The number of rotatable bonds is 20. The molecule has 6 N–H and O–H groups in total. The Kier molecular flexibility index (Phi) is 17.9. The molecule has 6 unspecified atom stereocenters. The van der Waals surface area contributed by atoms with Crippen LogP contribution in [0.1, 0.15) is 139 Å². The van der Waals surface area contributed by atoms with Crippen LogP contribution in [0.2, 0.25) is 0 Å². The van der Waals surface area contributed by atoms with E-state index in [1.807, 2.05) is 13.8 Å². The van der Waals surface area contributed by atoms with Crippen molar-refractivity contribution in [3.8, 4) is 34.5 Å². The van der Waals surface area contributed by atoms with Gasteiger partial charge in [0.05, 0.1) is 23.9 Å². The van der Waals surface area contributed by atoms with Gasteiger partial charge in [0.2, 0.25) is 0 Å². The van der Waals surface area contributed by atoms with E-state index < -0.39 is 11.5 Å². The minimum atomic E-state index is -0.464. The summed E-state index contributed by atoms with van der Waals surface area (Å²) in [7, 11) is 0. The van der Waals surface area contributed by atoms with Crippen molar-refractivity contribution >= 4 is 45.9 Å². The monoisotopic (exact) mass is 971 g/mol. The van der Waals surface area contributed by atoms with Crippen LogP contribution in [0, 0.1) is 11.8 Å². The predicted molar refractivity (Wildman–Crippen MR) is 272 cm³/mol. The molecule has 4 aromatic rings. The zero-order valence-electron chi connectivity index (χ0n) is 43.5. The summed E-state index contributed by atoms with van der Waals surface area (Å²) < 4.78 is 12.3. The number of aromatic hydroxyl groups is 6. The maximum atomic E-state index is 14.5. The van der Waals surface area contributed by atoms with Crippen molar-refractivity contribution < 1.29 is 87.4 Å². The largest absolute Gasteiger partial charge is 1.00 e. The summed E-state index contributed by atoms with van der Waals surface area (Å²) in [4.78, 5) is 31.4. The summed E-state index contributed by atoms with van der Waals surface area (Å²) in [5.74, 6) is -1.45. The fourth-order valence-corrected chi connectivity index (χ4v) is 10.2. The van der Waals surface area contributed by atoms with E-state index >= 15 is 0 Å². The standard InChI is InChI=1S/C56H70N4O10.2Li/c1-32(2)12-10-21-55(6)47(69-55)19-18-34(4)20-23-59-41-27-37(61)29-45(65)51(41)58-50-40(54(59)68)25-36(26-44(50)64)24-35(5)14-8-13-33(3)15-11-22-56(7)48(70-56)31-60-42-28-38(62)30-46(66)52(42)57-49-39(53(60)67)16-9-17-43(49)63;;/h9,12,14,16-17,25-30,33-34,47-48H,8,10-11,13,15,18-24,31H2,1-7H3,(H8,57,58,61,62,63,64,65,66,67,68);;/q;2*+1/p-2/b35-14+;;. The van der Waals surface area contributed by atoms with E-state index in [1.165, 1.54) is 34.7 Å². The van der Waals surface area contributed by atoms with Gasteiger partial charge in [0.15, 0.2) is 0 Å². The Balaban J connectivity index is 0.00000423. The topological polar surface area (TPSA) is 215 Å². The molecule has 0 saturated carbocycles. The predicted octanol–water partition coefficient (Wildman–Crippen LogP) is 7.17. The van der Waals surface area contributed by atoms with Crippen LogP contribution in [0.3, 0.4) is 0 Å². The van der Waals surface area contributed by atoms with E-state index in [0.717, 1.165) is 75.0 Å². The Labute approximate surface area is 447 Å². The van der Waals surface area contributed by atoms with Crippen molar-refractivity contribution in [2.45, 2.75) is 143 Å². The molecule has 2 amide bonds. The Morgan fingerprint density at radius 2 is 1.24 bits per heavy atom. The Morgan fingerprint density at radius 3 is 1.90 bits per heavy atom. The molecule has 4 aliphatic heterocycles. The first-order valence-electron chi connectivity index (χ1n) is 24.7. The summed E-state index contributed by atoms with van der Waals surface area (Å²) in [5, 5.41) is 73.5. The van der Waals surface area contributed by atoms with Crippen LogP contribution < -0.4 is 47.5 Å². The number of fused-ring (bicyclic) bond motifs is 4. The number of ether oxygens (including phenoxy) is 2. The van der Waals surface area contributed by atoms with E-state index in [2.05, 4.69) is 57.4 Å². The first-order valence-corrected chi connectivity index (χ1v) is 24.7. The number of benzene rings is 4. The second kappa shape index (κ2) is 22.9. The molecule has 8 rings (SSSR count). The molecule has 72 heavy (non-hydrogen) atoms. The average Bonchev–Trinajstić information content (AvgIpc) is 4.17. The summed E-state index contributed by atoms with van der Waals surface area (Å²) in [6.07, 6.45) is 13.9. The van der Waals surface area contributed by atoms with Crippen molar-refractivity contribution in [2.75, 3.05) is 22.9 Å². The number of hydrogen-bond donors (Lipinski definition) is 6. The molecule has 6 atom stereocenters. The molecule has 0 aliphatic carbocycles. The molecule has 14 nitrogen and oxygen atoms in total. The summed E-state index contributed by atoms with van der Waals surface area (Å²) in [6, 6.07) is 13.2. The maximum Gasteiger partial charge on any atom is 1.00 e. The quantitative estimate of drug-likeness (QED) is 0.0298. The number of epoxide rings is 2. The number of amides is 2. The van der Waals surface area contributed by atoms with Crippen LogP contribution in [0.4, 0.5) is 34.1 Å². The number of phenols is 6. The first kappa shape index (κ1) is 56.1. The van der Waals surface area contributed by atoms with Gasteiger partial charge in [-0.25, -0.2) is 0 Å². The van der Waals surface area contributed by atoms with E-state index in [9.17, 15) is 40.2 Å².